The lowest BCUT2D eigenvalue weighted by Gasteiger charge is -2.47. The molecule has 192 valence electrons. The number of alkyl halides is 7. The summed E-state index contributed by atoms with van der Waals surface area (Å²) in [5.41, 5.74) is -6.38. The topological polar surface area (TPSA) is 49.4 Å². The molecule has 2 amide bonds. The van der Waals surface area contributed by atoms with Crippen LogP contribution in [0.5, 0.6) is 0 Å². The Hall–Kier alpha value is -2.33. The number of fused-ring (bicyclic) bond motifs is 3. The predicted octanol–water partition coefficient (Wildman–Crippen LogP) is 4.77. The Labute approximate surface area is 197 Å². The summed E-state index contributed by atoms with van der Waals surface area (Å²) >= 11 is 0. The van der Waals surface area contributed by atoms with Gasteiger partial charge in [0.15, 0.2) is 0 Å². The van der Waals surface area contributed by atoms with Crippen molar-refractivity contribution in [3.63, 3.8) is 0 Å². The second-order valence-corrected chi connectivity index (χ2v) is 10.3. The van der Waals surface area contributed by atoms with Crippen molar-refractivity contribution in [1.29, 1.82) is 0 Å². The molecule has 1 N–H and O–H groups in total. The van der Waals surface area contributed by atoms with Crippen molar-refractivity contribution in [2.45, 2.75) is 62.5 Å². The lowest BCUT2D eigenvalue weighted by atomic mass is 9.71. The number of carbonyl (C=O) groups is 2. The molecular weight excluding hydrogens is 481 g/mol. The quantitative estimate of drug-likeness (QED) is 0.464. The van der Waals surface area contributed by atoms with Gasteiger partial charge in [-0.05, 0) is 61.5 Å². The second kappa shape index (κ2) is 7.83. The molecule has 1 spiro atoms. The number of halogens is 7. The van der Waals surface area contributed by atoms with Crippen LogP contribution in [0.1, 0.15) is 54.7 Å². The van der Waals surface area contributed by atoms with Gasteiger partial charge in [0, 0.05) is 31.1 Å². The van der Waals surface area contributed by atoms with Crippen LogP contribution < -0.4 is 5.32 Å². The molecule has 5 rings (SSSR count). The Bertz CT molecular complexity index is 1030. The van der Waals surface area contributed by atoms with Crippen LogP contribution in [-0.2, 0) is 21.7 Å². The molecule has 1 aromatic rings. The molecular formula is C24H25F7N2O2. The monoisotopic (exact) mass is 506 g/mol. The van der Waals surface area contributed by atoms with Gasteiger partial charge in [-0.15, -0.1) is 0 Å². The summed E-state index contributed by atoms with van der Waals surface area (Å²) in [6.07, 6.45) is -9.27. The summed E-state index contributed by atoms with van der Waals surface area (Å²) in [7, 11) is 0. The van der Waals surface area contributed by atoms with E-state index in [0.717, 1.165) is 0 Å². The van der Waals surface area contributed by atoms with Crippen LogP contribution in [0.3, 0.4) is 0 Å². The Balaban J connectivity index is 1.34. The highest BCUT2D eigenvalue weighted by Gasteiger charge is 2.73. The number of carbonyl (C=O) groups excluding carboxylic acids is 2. The van der Waals surface area contributed by atoms with E-state index < -0.39 is 23.6 Å². The van der Waals surface area contributed by atoms with Crippen LogP contribution in [0.25, 0.3) is 0 Å². The molecule has 4 aliphatic rings. The first-order valence-electron chi connectivity index (χ1n) is 11.8. The van der Waals surface area contributed by atoms with Crippen molar-refractivity contribution in [1.82, 2.24) is 10.2 Å². The molecule has 2 unspecified atom stereocenters. The van der Waals surface area contributed by atoms with Gasteiger partial charge in [0.25, 0.3) is 0 Å². The first-order chi connectivity index (χ1) is 16.3. The third-order valence-corrected chi connectivity index (χ3v) is 8.71. The SMILES string of the molecule is O=C([C@@H]1CCC2c3ccc(C(F)(C(F)(F)F)C(F)(F)F)cc3CCC21)N1CCC2(CC1)CNC2=O. The highest BCUT2D eigenvalue weighted by molar-refractivity contribution is 5.89. The fourth-order valence-electron chi connectivity index (χ4n) is 6.58. The molecule has 2 aliphatic heterocycles. The molecule has 0 aromatic heterocycles. The largest absolute Gasteiger partial charge is 0.435 e. The minimum Gasteiger partial charge on any atom is -0.354 e. The van der Waals surface area contributed by atoms with Gasteiger partial charge in [0.2, 0.25) is 11.8 Å². The van der Waals surface area contributed by atoms with Crippen LogP contribution in [0, 0.1) is 17.3 Å². The molecule has 3 atom stereocenters. The van der Waals surface area contributed by atoms with Crippen LogP contribution in [0.15, 0.2) is 18.2 Å². The van der Waals surface area contributed by atoms with Gasteiger partial charge in [-0.25, -0.2) is 4.39 Å². The van der Waals surface area contributed by atoms with E-state index >= 15 is 0 Å². The maximum Gasteiger partial charge on any atom is 0.435 e. The fourth-order valence-corrected chi connectivity index (χ4v) is 6.58. The van der Waals surface area contributed by atoms with E-state index in [4.69, 9.17) is 0 Å². The van der Waals surface area contributed by atoms with Crippen molar-refractivity contribution >= 4 is 11.8 Å². The molecule has 35 heavy (non-hydrogen) atoms. The number of aryl methyl sites for hydroxylation is 1. The zero-order valence-electron chi connectivity index (χ0n) is 18.7. The smallest absolute Gasteiger partial charge is 0.354 e. The van der Waals surface area contributed by atoms with E-state index in [2.05, 4.69) is 5.32 Å². The number of nitrogens with zero attached hydrogens (tertiary/aromatic N) is 1. The van der Waals surface area contributed by atoms with Crippen LogP contribution >= 0.6 is 0 Å². The molecule has 1 aromatic carbocycles. The van der Waals surface area contributed by atoms with Crippen molar-refractivity contribution in [2.75, 3.05) is 19.6 Å². The number of hydrogen-bond acceptors (Lipinski definition) is 2. The summed E-state index contributed by atoms with van der Waals surface area (Å²) in [6, 6.07) is 2.47. The van der Waals surface area contributed by atoms with Crippen molar-refractivity contribution in [3.8, 4) is 0 Å². The number of amides is 2. The third kappa shape index (κ3) is 3.55. The number of benzene rings is 1. The van der Waals surface area contributed by atoms with Crippen molar-refractivity contribution in [2.24, 2.45) is 17.3 Å². The lowest BCUT2D eigenvalue weighted by Crippen LogP contribution is -2.63. The summed E-state index contributed by atoms with van der Waals surface area (Å²) < 4.78 is 93.7. The number of nitrogens with one attached hydrogen (secondary N) is 1. The van der Waals surface area contributed by atoms with Crippen LogP contribution in [0.2, 0.25) is 0 Å². The Morgan fingerprint density at radius 1 is 0.971 bits per heavy atom. The zero-order valence-corrected chi connectivity index (χ0v) is 18.7. The van der Waals surface area contributed by atoms with Gasteiger partial charge in [-0.1, -0.05) is 18.2 Å². The molecule has 4 nitrogen and oxygen atoms in total. The molecule has 0 bridgehead atoms. The summed E-state index contributed by atoms with van der Waals surface area (Å²) in [5.74, 6) is -0.473. The van der Waals surface area contributed by atoms with E-state index in [1.54, 1.807) is 4.90 Å². The lowest BCUT2D eigenvalue weighted by molar-refractivity contribution is -0.348. The molecule has 0 radical (unpaired) electrons. The fraction of sp³-hybridized carbons (Fsp3) is 0.667. The number of likely N-dealkylation sites (tertiary alicyclic amines) is 1. The first kappa shape index (κ1) is 24.4. The van der Waals surface area contributed by atoms with E-state index in [9.17, 15) is 40.3 Å². The summed E-state index contributed by atoms with van der Waals surface area (Å²) in [5, 5.41) is 2.75. The molecule has 1 saturated carbocycles. The van der Waals surface area contributed by atoms with Crippen LogP contribution in [-0.4, -0.2) is 48.7 Å². The second-order valence-electron chi connectivity index (χ2n) is 10.3. The molecule has 3 fully saturated rings. The average molecular weight is 506 g/mol. The Morgan fingerprint density at radius 3 is 2.17 bits per heavy atom. The van der Waals surface area contributed by atoms with Gasteiger partial charge in [-0.2, -0.15) is 26.3 Å². The minimum absolute atomic E-state index is 0.00377. The highest BCUT2D eigenvalue weighted by Crippen LogP contribution is 2.55. The number of hydrogen-bond donors (Lipinski definition) is 1. The van der Waals surface area contributed by atoms with Gasteiger partial charge < -0.3 is 10.2 Å². The molecule has 2 heterocycles. The zero-order chi connectivity index (χ0) is 25.4. The highest BCUT2D eigenvalue weighted by atomic mass is 19.4. The summed E-state index contributed by atoms with van der Waals surface area (Å²) in [6.45, 7) is 1.62. The normalized spacial score (nSPS) is 28.3. The number of rotatable bonds is 2. The van der Waals surface area contributed by atoms with Gasteiger partial charge in [0.1, 0.15) is 0 Å². The van der Waals surface area contributed by atoms with E-state index in [0.29, 0.717) is 69.4 Å². The third-order valence-electron chi connectivity index (χ3n) is 8.71. The van der Waals surface area contributed by atoms with Gasteiger partial charge in [0.05, 0.1) is 5.41 Å². The number of piperidine rings is 1. The Kier molecular flexibility index (Phi) is 5.45. The Morgan fingerprint density at radius 2 is 1.63 bits per heavy atom. The van der Waals surface area contributed by atoms with Crippen molar-refractivity contribution < 1.29 is 40.3 Å². The molecule has 2 saturated heterocycles. The van der Waals surface area contributed by atoms with E-state index in [1.165, 1.54) is 6.07 Å². The average Bonchev–Trinajstić information content (AvgIpc) is 3.25. The summed E-state index contributed by atoms with van der Waals surface area (Å²) in [4.78, 5) is 27.0. The number of β-lactam (4-membered cyclic amide) rings is 1. The van der Waals surface area contributed by atoms with Gasteiger partial charge >= 0.3 is 18.0 Å². The molecule has 2 aliphatic carbocycles. The van der Waals surface area contributed by atoms with Gasteiger partial charge in [-0.3, -0.25) is 9.59 Å². The first-order valence-corrected chi connectivity index (χ1v) is 11.8. The van der Waals surface area contributed by atoms with Crippen LogP contribution in [0.4, 0.5) is 30.7 Å². The van der Waals surface area contributed by atoms with E-state index in [1.807, 2.05) is 0 Å². The minimum atomic E-state index is -6.14. The predicted molar refractivity (Wildman–Crippen MR) is 110 cm³/mol. The van der Waals surface area contributed by atoms with E-state index in [-0.39, 0.29) is 47.0 Å². The standard InChI is InChI=1S/C24H25F7N2O2/c25-22(23(26,27)28,24(29,30)31)14-2-4-15-13(11-14)1-3-17-16(15)5-6-18(17)19(34)33-9-7-21(8-10-33)12-32-20(21)35/h2,4,11,16-18H,1,3,5-10,12H2,(H,32,35)/t16?,17?,18-/m1/s1. The maximum atomic E-state index is 14.5. The van der Waals surface area contributed by atoms with Crippen molar-refractivity contribution in [3.05, 3.63) is 34.9 Å². The maximum absolute atomic E-state index is 14.5. The molecule has 11 heteroatoms.